The molecule has 0 aliphatic rings. The van der Waals surface area contributed by atoms with E-state index in [-0.39, 0.29) is 17.6 Å². The van der Waals surface area contributed by atoms with Crippen LogP contribution in [-0.4, -0.2) is 62.9 Å². The van der Waals surface area contributed by atoms with Crippen LogP contribution in [0.2, 0.25) is 0 Å². The normalized spacial score (nSPS) is 10.7. The average molecular weight is 487 g/mol. The van der Waals surface area contributed by atoms with Crippen LogP contribution in [0.3, 0.4) is 0 Å². The first-order valence-electron chi connectivity index (χ1n) is 10.2. The summed E-state index contributed by atoms with van der Waals surface area (Å²) < 4.78 is 7.62. The zero-order chi connectivity index (χ0) is 24.0. The van der Waals surface area contributed by atoms with Crippen LogP contribution in [0.1, 0.15) is 22.3 Å². The predicted octanol–water partition coefficient (Wildman–Crippen LogP) is 3.73. The Hall–Kier alpha value is -3.18. The minimum Gasteiger partial charge on any atom is -0.493 e. The van der Waals surface area contributed by atoms with Gasteiger partial charge >= 0.3 is 0 Å². The minimum absolute atomic E-state index is 0.109. The Kier molecular flexibility index (Phi) is 8.23. The van der Waals surface area contributed by atoms with Gasteiger partial charge in [0.25, 0.3) is 5.91 Å². The summed E-state index contributed by atoms with van der Waals surface area (Å²) in [5, 5.41) is 12.4. The van der Waals surface area contributed by atoms with Gasteiger partial charge in [0.1, 0.15) is 10.6 Å². The summed E-state index contributed by atoms with van der Waals surface area (Å²) >= 11 is 2.42. The molecule has 0 radical (unpaired) electrons. The summed E-state index contributed by atoms with van der Waals surface area (Å²) in [6, 6.07) is 7.63. The molecule has 33 heavy (non-hydrogen) atoms. The molecule has 0 spiro atoms. The van der Waals surface area contributed by atoms with Crippen LogP contribution >= 0.6 is 23.1 Å². The molecule has 0 aliphatic carbocycles. The molecule has 0 aliphatic heterocycles. The monoisotopic (exact) mass is 486 g/mol. The van der Waals surface area contributed by atoms with Gasteiger partial charge in [-0.2, -0.15) is 0 Å². The average Bonchev–Trinajstić information content (AvgIpc) is 3.35. The van der Waals surface area contributed by atoms with Crippen molar-refractivity contribution in [1.29, 1.82) is 0 Å². The number of amides is 2. The van der Waals surface area contributed by atoms with Crippen molar-refractivity contribution >= 4 is 40.0 Å². The van der Waals surface area contributed by atoms with Crippen LogP contribution in [0.5, 0.6) is 5.75 Å². The number of nitrogens with one attached hydrogen (secondary N) is 1. The minimum atomic E-state index is -0.248. The topological polar surface area (TPSA) is 102 Å². The Balaban J connectivity index is 1.73. The number of para-hydroxylation sites is 1. The van der Waals surface area contributed by atoms with E-state index >= 15 is 0 Å². The number of ether oxygens (including phenoxy) is 1. The van der Waals surface area contributed by atoms with Crippen molar-refractivity contribution in [3.05, 3.63) is 47.5 Å². The fourth-order valence-electron chi connectivity index (χ4n) is 2.96. The molecule has 1 N–H and O–H groups in total. The van der Waals surface area contributed by atoms with Gasteiger partial charge in [-0.05, 0) is 26.0 Å². The summed E-state index contributed by atoms with van der Waals surface area (Å²) in [6.07, 6.45) is 1.75. The quantitative estimate of drug-likeness (QED) is 0.344. The standard InChI is InChI=1S/C22H26N6O3S2/c1-6-12-28-19(15-10-8-9-11-16(15)31-7-2)25-26-22(28)32-13-17(29)24-21-23-14(3)18(33-21)20(30)27(4)5/h6,8-11H,1,7,12-13H2,2-5H3,(H,23,24,29). The van der Waals surface area contributed by atoms with E-state index < -0.39 is 0 Å². The van der Waals surface area contributed by atoms with Gasteiger partial charge in [-0.25, -0.2) is 4.98 Å². The molecule has 2 heterocycles. The maximum absolute atomic E-state index is 12.5. The Labute approximate surface area is 200 Å². The second kappa shape index (κ2) is 11.1. The first kappa shape index (κ1) is 24.5. The Bertz CT molecular complexity index is 1150. The molecule has 0 fully saturated rings. The van der Waals surface area contributed by atoms with Crippen molar-refractivity contribution in [2.45, 2.75) is 25.5 Å². The highest BCUT2D eigenvalue weighted by Crippen LogP contribution is 2.31. The Morgan fingerprint density at radius 3 is 2.76 bits per heavy atom. The van der Waals surface area contributed by atoms with Gasteiger partial charge in [-0.3, -0.25) is 14.2 Å². The Morgan fingerprint density at radius 2 is 2.06 bits per heavy atom. The third kappa shape index (κ3) is 5.79. The van der Waals surface area contributed by atoms with Crippen LogP contribution in [0.4, 0.5) is 5.13 Å². The van der Waals surface area contributed by atoms with E-state index in [1.807, 2.05) is 35.8 Å². The van der Waals surface area contributed by atoms with Gasteiger partial charge in [0.05, 0.1) is 23.6 Å². The molecule has 3 rings (SSSR count). The number of aromatic nitrogens is 4. The summed E-state index contributed by atoms with van der Waals surface area (Å²) in [4.78, 5) is 31.0. The number of carbonyl (C=O) groups is 2. The Morgan fingerprint density at radius 1 is 1.30 bits per heavy atom. The van der Waals surface area contributed by atoms with Crippen molar-refractivity contribution in [1.82, 2.24) is 24.6 Å². The molecule has 11 heteroatoms. The zero-order valence-electron chi connectivity index (χ0n) is 19.0. The molecule has 174 valence electrons. The molecule has 2 aromatic heterocycles. The van der Waals surface area contributed by atoms with Crippen molar-refractivity contribution in [2.75, 3.05) is 31.8 Å². The summed E-state index contributed by atoms with van der Waals surface area (Å²) in [5.41, 5.74) is 1.41. The van der Waals surface area contributed by atoms with E-state index in [4.69, 9.17) is 4.74 Å². The first-order chi connectivity index (χ1) is 15.8. The van der Waals surface area contributed by atoms with Gasteiger partial charge < -0.3 is 15.0 Å². The first-order valence-corrected chi connectivity index (χ1v) is 12.0. The molecule has 0 saturated carbocycles. The molecule has 0 saturated heterocycles. The molecule has 1 aromatic carbocycles. The summed E-state index contributed by atoms with van der Waals surface area (Å²) in [5.74, 6) is 1.08. The smallest absolute Gasteiger partial charge is 0.265 e. The lowest BCUT2D eigenvalue weighted by atomic mass is 10.2. The molecular formula is C22H26N6O3S2. The number of allylic oxidation sites excluding steroid dienone is 1. The van der Waals surface area contributed by atoms with Gasteiger partial charge in [-0.1, -0.05) is 41.3 Å². The maximum atomic E-state index is 12.5. The summed E-state index contributed by atoms with van der Waals surface area (Å²) in [7, 11) is 3.35. The number of rotatable bonds is 10. The van der Waals surface area contributed by atoms with E-state index in [0.717, 1.165) is 16.9 Å². The van der Waals surface area contributed by atoms with Crippen LogP contribution < -0.4 is 10.1 Å². The van der Waals surface area contributed by atoms with Gasteiger partial charge in [0.2, 0.25) is 5.91 Å². The van der Waals surface area contributed by atoms with Gasteiger partial charge in [0.15, 0.2) is 16.1 Å². The third-order valence-electron chi connectivity index (χ3n) is 4.43. The highest BCUT2D eigenvalue weighted by Gasteiger charge is 2.20. The lowest BCUT2D eigenvalue weighted by Crippen LogP contribution is -2.21. The van der Waals surface area contributed by atoms with Crippen molar-refractivity contribution in [2.24, 2.45) is 0 Å². The van der Waals surface area contributed by atoms with Crippen LogP contribution in [-0.2, 0) is 11.3 Å². The molecule has 3 aromatic rings. The SMILES string of the molecule is C=CCn1c(SCC(=O)Nc2nc(C)c(C(=O)N(C)C)s2)nnc1-c1ccccc1OCC. The van der Waals surface area contributed by atoms with E-state index in [2.05, 4.69) is 27.1 Å². The number of benzene rings is 1. The molecule has 0 atom stereocenters. The third-order valence-corrected chi connectivity index (χ3v) is 6.46. The molecule has 0 bridgehead atoms. The molecule has 0 unspecified atom stereocenters. The van der Waals surface area contributed by atoms with E-state index in [1.165, 1.54) is 16.7 Å². The van der Waals surface area contributed by atoms with E-state index in [0.29, 0.717) is 45.6 Å². The number of aryl methyl sites for hydroxylation is 1. The largest absolute Gasteiger partial charge is 0.493 e. The number of thiazole rings is 1. The fraction of sp³-hybridized carbons (Fsp3) is 0.318. The van der Waals surface area contributed by atoms with E-state index in [1.54, 1.807) is 27.1 Å². The highest BCUT2D eigenvalue weighted by molar-refractivity contribution is 7.99. The number of carbonyl (C=O) groups excluding carboxylic acids is 2. The van der Waals surface area contributed by atoms with Crippen LogP contribution in [0, 0.1) is 6.92 Å². The van der Waals surface area contributed by atoms with Crippen LogP contribution in [0.15, 0.2) is 42.1 Å². The number of hydrogen-bond donors (Lipinski definition) is 1. The number of hydrogen-bond acceptors (Lipinski definition) is 8. The number of anilines is 1. The van der Waals surface area contributed by atoms with E-state index in [9.17, 15) is 9.59 Å². The van der Waals surface area contributed by atoms with Crippen molar-refractivity contribution in [3.8, 4) is 17.1 Å². The molecule has 2 amide bonds. The second-order valence-electron chi connectivity index (χ2n) is 7.10. The number of thioether (sulfide) groups is 1. The van der Waals surface area contributed by atoms with Crippen molar-refractivity contribution in [3.63, 3.8) is 0 Å². The zero-order valence-corrected chi connectivity index (χ0v) is 20.6. The lowest BCUT2D eigenvalue weighted by Gasteiger charge is -2.11. The number of nitrogens with zero attached hydrogens (tertiary/aromatic N) is 5. The van der Waals surface area contributed by atoms with Crippen molar-refractivity contribution < 1.29 is 14.3 Å². The lowest BCUT2D eigenvalue weighted by molar-refractivity contribution is -0.113. The second-order valence-corrected chi connectivity index (χ2v) is 9.05. The molecule has 9 nitrogen and oxygen atoms in total. The van der Waals surface area contributed by atoms with Gasteiger partial charge in [0, 0.05) is 20.6 Å². The highest BCUT2D eigenvalue weighted by atomic mass is 32.2. The predicted molar refractivity (Wildman–Crippen MR) is 131 cm³/mol. The van der Waals surface area contributed by atoms with Gasteiger partial charge in [-0.15, -0.1) is 16.8 Å². The van der Waals surface area contributed by atoms with Crippen LogP contribution in [0.25, 0.3) is 11.4 Å². The maximum Gasteiger partial charge on any atom is 0.265 e. The fourth-order valence-corrected chi connectivity index (χ4v) is 4.71. The summed E-state index contributed by atoms with van der Waals surface area (Å²) in [6.45, 7) is 8.51. The molecular weight excluding hydrogens is 460 g/mol.